The van der Waals surface area contributed by atoms with E-state index in [-0.39, 0.29) is 17.7 Å². The summed E-state index contributed by atoms with van der Waals surface area (Å²) < 4.78 is 5.04. The maximum atomic E-state index is 11.9. The van der Waals surface area contributed by atoms with E-state index in [4.69, 9.17) is 4.74 Å². The topological polar surface area (TPSA) is 81.2 Å². The van der Waals surface area contributed by atoms with Gasteiger partial charge in [0.2, 0.25) is 0 Å². The van der Waals surface area contributed by atoms with Gasteiger partial charge in [-0.15, -0.1) is 5.10 Å². The van der Waals surface area contributed by atoms with Crippen LogP contribution in [0.1, 0.15) is 47.3 Å². The predicted octanol–water partition coefficient (Wildman–Crippen LogP) is 0.964. The highest BCUT2D eigenvalue weighted by Crippen LogP contribution is 2.16. The molecule has 1 aromatic rings. The van der Waals surface area contributed by atoms with Gasteiger partial charge >= 0.3 is 5.97 Å². The van der Waals surface area contributed by atoms with Gasteiger partial charge in [-0.25, -0.2) is 4.79 Å². The summed E-state index contributed by atoms with van der Waals surface area (Å²) in [6, 6.07) is 1.46. The molecule has 1 aliphatic rings. The summed E-state index contributed by atoms with van der Waals surface area (Å²) in [5, 5.41) is 10.6. The van der Waals surface area contributed by atoms with Crippen molar-refractivity contribution in [1.82, 2.24) is 15.5 Å². The molecule has 2 heterocycles. The third-order valence-corrected chi connectivity index (χ3v) is 2.82. The third kappa shape index (κ3) is 3.07. The Labute approximate surface area is 111 Å². The van der Waals surface area contributed by atoms with E-state index >= 15 is 0 Å². The van der Waals surface area contributed by atoms with E-state index in [0.717, 1.165) is 0 Å². The predicted molar refractivity (Wildman–Crippen MR) is 67.8 cm³/mol. The number of ether oxygens (including phenoxy) is 1. The first-order valence-corrected chi connectivity index (χ1v) is 6.33. The van der Waals surface area contributed by atoms with Crippen LogP contribution in [0.25, 0.3) is 0 Å². The van der Waals surface area contributed by atoms with Crippen molar-refractivity contribution in [3.05, 3.63) is 23.0 Å². The van der Waals surface area contributed by atoms with Crippen molar-refractivity contribution in [1.29, 1.82) is 0 Å². The van der Waals surface area contributed by atoms with Crippen LogP contribution in [0.4, 0.5) is 0 Å². The van der Waals surface area contributed by atoms with Gasteiger partial charge in [0.25, 0.3) is 5.91 Å². The first-order valence-electron chi connectivity index (χ1n) is 6.33. The number of carbonyl (C=O) groups is 2. The number of nitrogens with one attached hydrogen (secondary N) is 1. The zero-order valence-corrected chi connectivity index (χ0v) is 11.3. The van der Waals surface area contributed by atoms with E-state index in [1.54, 1.807) is 13.8 Å². The molecule has 1 N–H and O–H groups in total. The average Bonchev–Trinajstić information content (AvgIpc) is 2.48. The Bertz CT molecular complexity index is 514. The number of rotatable bonds is 2. The van der Waals surface area contributed by atoms with Crippen molar-refractivity contribution in [3.63, 3.8) is 0 Å². The Morgan fingerprint density at radius 3 is 2.89 bits per heavy atom. The zero-order valence-electron chi connectivity index (χ0n) is 11.3. The normalized spacial score (nSPS) is 18.5. The van der Waals surface area contributed by atoms with Gasteiger partial charge in [0.15, 0.2) is 5.69 Å². The van der Waals surface area contributed by atoms with Crippen LogP contribution >= 0.6 is 0 Å². The minimum absolute atomic E-state index is 0.0668. The van der Waals surface area contributed by atoms with Crippen LogP contribution in [0.2, 0.25) is 0 Å². The second-order valence-electron chi connectivity index (χ2n) is 5.06. The number of hydrogen-bond donors (Lipinski definition) is 1. The van der Waals surface area contributed by atoms with Gasteiger partial charge in [0, 0.05) is 6.54 Å². The minimum atomic E-state index is -0.560. The molecule has 0 aromatic carbocycles. The van der Waals surface area contributed by atoms with Gasteiger partial charge in [-0.2, -0.15) is 5.10 Å². The quantitative estimate of drug-likeness (QED) is 0.804. The van der Waals surface area contributed by atoms with Crippen molar-refractivity contribution >= 4 is 11.9 Å². The summed E-state index contributed by atoms with van der Waals surface area (Å²) in [6.45, 7) is 6.13. The molecule has 0 saturated carbocycles. The third-order valence-electron chi connectivity index (χ3n) is 2.82. The van der Waals surface area contributed by atoms with Crippen LogP contribution in [0.3, 0.4) is 0 Å². The molecule has 0 spiro atoms. The second kappa shape index (κ2) is 5.34. The highest BCUT2D eigenvalue weighted by atomic mass is 16.5. The molecule has 1 aliphatic heterocycles. The molecule has 6 heteroatoms. The number of nitrogens with zero attached hydrogens (tertiary/aromatic N) is 2. The number of fused-ring (bicyclic) bond motifs is 1. The lowest BCUT2D eigenvalue weighted by molar-refractivity contribution is 0.0369. The monoisotopic (exact) mass is 263 g/mol. The van der Waals surface area contributed by atoms with Gasteiger partial charge in [0.1, 0.15) is 0 Å². The van der Waals surface area contributed by atoms with Crippen LogP contribution in [-0.2, 0) is 11.2 Å². The standard InChI is InChI=1S/C13H17N3O3/c1-7(2)19-13(18)11-5-9-10(15-16-11)4-8(3)6-14-12(9)17/h5,7-8H,4,6H2,1-3H3,(H,14,17). The molecule has 1 unspecified atom stereocenters. The first-order chi connectivity index (χ1) is 8.97. The summed E-state index contributed by atoms with van der Waals surface area (Å²) >= 11 is 0. The van der Waals surface area contributed by atoms with Crippen molar-refractivity contribution in [2.45, 2.75) is 33.3 Å². The lowest BCUT2D eigenvalue weighted by atomic mass is 10.0. The lowest BCUT2D eigenvalue weighted by Crippen LogP contribution is -2.26. The molecule has 1 aromatic heterocycles. The highest BCUT2D eigenvalue weighted by molar-refractivity contribution is 5.98. The smallest absolute Gasteiger partial charge is 0.359 e. The van der Waals surface area contributed by atoms with E-state index in [1.807, 2.05) is 6.92 Å². The summed E-state index contributed by atoms with van der Waals surface area (Å²) in [4.78, 5) is 23.7. The maximum absolute atomic E-state index is 11.9. The Balaban J connectivity index is 2.32. The van der Waals surface area contributed by atoms with Gasteiger partial charge in [-0.1, -0.05) is 6.92 Å². The Morgan fingerprint density at radius 2 is 2.21 bits per heavy atom. The number of esters is 1. The van der Waals surface area contributed by atoms with Gasteiger partial charge in [0.05, 0.1) is 17.4 Å². The Morgan fingerprint density at radius 1 is 1.47 bits per heavy atom. The fourth-order valence-electron chi connectivity index (χ4n) is 1.90. The van der Waals surface area contributed by atoms with Crippen LogP contribution < -0.4 is 5.32 Å². The van der Waals surface area contributed by atoms with Crippen LogP contribution in [0, 0.1) is 5.92 Å². The molecule has 19 heavy (non-hydrogen) atoms. The Hall–Kier alpha value is -1.98. The molecular formula is C13H17N3O3. The van der Waals surface area contributed by atoms with Gasteiger partial charge < -0.3 is 10.1 Å². The number of amides is 1. The van der Waals surface area contributed by atoms with Crippen LogP contribution in [0.15, 0.2) is 6.07 Å². The molecule has 0 fully saturated rings. The average molecular weight is 263 g/mol. The second-order valence-corrected chi connectivity index (χ2v) is 5.06. The number of hydrogen-bond acceptors (Lipinski definition) is 5. The summed E-state index contributed by atoms with van der Waals surface area (Å²) in [6.07, 6.45) is 0.433. The van der Waals surface area contributed by atoms with E-state index < -0.39 is 5.97 Å². The van der Waals surface area contributed by atoms with Crippen LogP contribution in [-0.4, -0.2) is 34.7 Å². The number of aromatic nitrogens is 2. The van der Waals surface area contributed by atoms with Gasteiger partial charge in [-0.05, 0) is 32.3 Å². The molecule has 102 valence electrons. The Kier molecular flexibility index (Phi) is 3.78. The summed E-state index contributed by atoms with van der Waals surface area (Å²) in [5.74, 6) is -0.476. The van der Waals surface area contributed by atoms with E-state index in [2.05, 4.69) is 15.5 Å². The fourth-order valence-corrected chi connectivity index (χ4v) is 1.90. The largest absolute Gasteiger partial charge is 0.458 e. The molecule has 1 amide bonds. The van der Waals surface area contributed by atoms with Crippen molar-refractivity contribution in [2.24, 2.45) is 5.92 Å². The van der Waals surface area contributed by atoms with E-state index in [9.17, 15) is 9.59 Å². The summed E-state index contributed by atoms with van der Waals surface area (Å²) in [5.41, 5.74) is 1.11. The van der Waals surface area contributed by atoms with Crippen LogP contribution in [0.5, 0.6) is 0 Å². The SMILES string of the molecule is CC1CNC(=O)c2cc(C(=O)OC(C)C)nnc2C1. The molecule has 6 nitrogen and oxygen atoms in total. The molecule has 0 saturated heterocycles. The van der Waals surface area contributed by atoms with E-state index in [0.29, 0.717) is 30.1 Å². The van der Waals surface area contributed by atoms with Crippen molar-refractivity contribution < 1.29 is 14.3 Å². The zero-order chi connectivity index (χ0) is 14.0. The molecule has 0 radical (unpaired) electrons. The molecular weight excluding hydrogens is 246 g/mol. The molecule has 1 atom stereocenters. The molecule has 2 rings (SSSR count). The van der Waals surface area contributed by atoms with Gasteiger partial charge in [-0.3, -0.25) is 4.79 Å². The minimum Gasteiger partial charge on any atom is -0.458 e. The van der Waals surface area contributed by atoms with Crippen molar-refractivity contribution in [2.75, 3.05) is 6.54 Å². The van der Waals surface area contributed by atoms with E-state index in [1.165, 1.54) is 6.07 Å². The first kappa shape index (κ1) is 13.5. The fraction of sp³-hybridized carbons (Fsp3) is 0.538. The molecule has 0 bridgehead atoms. The number of carbonyl (C=O) groups excluding carboxylic acids is 2. The van der Waals surface area contributed by atoms with Crippen molar-refractivity contribution in [3.8, 4) is 0 Å². The highest BCUT2D eigenvalue weighted by Gasteiger charge is 2.23. The maximum Gasteiger partial charge on any atom is 0.359 e. The summed E-state index contributed by atoms with van der Waals surface area (Å²) in [7, 11) is 0. The molecule has 0 aliphatic carbocycles. The lowest BCUT2D eigenvalue weighted by Gasteiger charge is -2.08.